The minimum atomic E-state index is -0.981. The van der Waals surface area contributed by atoms with Crippen molar-refractivity contribution < 1.29 is 19.4 Å². The summed E-state index contributed by atoms with van der Waals surface area (Å²) in [7, 11) is 3.15. The van der Waals surface area contributed by atoms with E-state index in [0.29, 0.717) is 12.3 Å². The molecule has 1 N–H and O–H groups in total. The summed E-state index contributed by atoms with van der Waals surface area (Å²) in [5.74, 6) is 0.262. The molecule has 0 fully saturated rings. The van der Waals surface area contributed by atoms with Gasteiger partial charge in [0.2, 0.25) is 0 Å². The van der Waals surface area contributed by atoms with E-state index in [2.05, 4.69) is 17.9 Å². The topological polar surface area (TPSA) is 59.0 Å². The largest absolute Gasteiger partial charge is 0.496 e. The van der Waals surface area contributed by atoms with Crippen molar-refractivity contribution in [3.63, 3.8) is 0 Å². The van der Waals surface area contributed by atoms with E-state index in [1.165, 1.54) is 7.11 Å². The second-order valence-corrected chi connectivity index (χ2v) is 5.86. The van der Waals surface area contributed by atoms with Gasteiger partial charge in [-0.3, -0.25) is 4.90 Å². The van der Waals surface area contributed by atoms with Crippen LogP contribution in [0.25, 0.3) is 0 Å². The van der Waals surface area contributed by atoms with Crippen molar-refractivity contribution in [3.05, 3.63) is 59.2 Å². The lowest BCUT2D eigenvalue weighted by molar-refractivity contribution is 0.0693. The van der Waals surface area contributed by atoms with Crippen LogP contribution in [0, 0.1) is 0 Å². The minimum absolute atomic E-state index is 0.189. The van der Waals surface area contributed by atoms with E-state index in [-0.39, 0.29) is 5.56 Å². The highest BCUT2D eigenvalue weighted by molar-refractivity contribution is 5.91. The minimum Gasteiger partial charge on any atom is -0.496 e. The first kappa shape index (κ1) is 18.8. The van der Waals surface area contributed by atoms with Crippen molar-refractivity contribution >= 4 is 5.97 Å². The quantitative estimate of drug-likeness (QED) is 0.750. The van der Waals surface area contributed by atoms with E-state index >= 15 is 0 Å². The van der Waals surface area contributed by atoms with Crippen LogP contribution in [0.4, 0.5) is 0 Å². The van der Waals surface area contributed by atoms with Gasteiger partial charge in [0.25, 0.3) is 0 Å². The summed E-state index contributed by atoms with van der Waals surface area (Å²) in [5.41, 5.74) is 2.25. The molecule has 0 aliphatic carbocycles. The third-order valence-corrected chi connectivity index (χ3v) is 4.03. The summed E-state index contributed by atoms with van der Waals surface area (Å²) in [6.07, 6.45) is 1.01. The number of ether oxygens (including phenoxy) is 2. The zero-order valence-electron chi connectivity index (χ0n) is 15.0. The van der Waals surface area contributed by atoms with Gasteiger partial charge >= 0.3 is 5.97 Å². The first-order valence-electron chi connectivity index (χ1n) is 8.33. The van der Waals surface area contributed by atoms with Gasteiger partial charge in [0.15, 0.2) is 0 Å². The molecule has 0 heterocycles. The summed E-state index contributed by atoms with van der Waals surface area (Å²) in [4.78, 5) is 13.7. The number of carbonyl (C=O) groups is 1. The van der Waals surface area contributed by atoms with Crippen molar-refractivity contribution in [3.8, 4) is 11.5 Å². The highest BCUT2D eigenvalue weighted by atomic mass is 16.5. The molecule has 0 aliphatic heterocycles. The van der Waals surface area contributed by atoms with Crippen molar-refractivity contribution in [2.45, 2.75) is 26.4 Å². The van der Waals surface area contributed by atoms with Crippen LogP contribution in [0.15, 0.2) is 42.5 Å². The molecule has 0 aliphatic rings. The summed E-state index contributed by atoms with van der Waals surface area (Å²) in [6, 6.07) is 13.3. The number of para-hydroxylation sites is 1. The van der Waals surface area contributed by atoms with Gasteiger partial charge < -0.3 is 14.6 Å². The molecule has 5 heteroatoms. The fourth-order valence-corrected chi connectivity index (χ4v) is 2.88. The molecule has 0 bridgehead atoms. The monoisotopic (exact) mass is 343 g/mol. The van der Waals surface area contributed by atoms with Crippen LogP contribution in [0.3, 0.4) is 0 Å². The maximum absolute atomic E-state index is 11.4. The molecule has 25 heavy (non-hydrogen) atoms. The Hall–Kier alpha value is -2.53. The third-order valence-electron chi connectivity index (χ3n) is 4.03. The Kier molecular flexibility index (Phi) is 6.83. The van der Waals surface area contributed by atoms with Gasteiger partial charge in [0, 0.05) is 18.7 Å². The predicted molar refractivity (Wildman–Crippen MR) is 97.4 cm³/mol. The lowest BCUT2D eigenvalue weighted by atomic mass is 10.1. The maximum atomic E-state index is 11.4. The smallest absolute Gasteiger partial charge is 0.339 e. The van der Waals surface area contributed by atoms with Crippen molar-refractivity contribution in [2.24, 2.45) is 0 Å². The van der Waals surface area contributed by atoms with E-state index < -0.39 is 5.97 Å². The van der Waals surface area contributed by atoms with Gasteiger partial charge in [-0.05, 0) is 36.7 Å². The van der Waals surface area contributed by atoms with E-state index in [9.17, 15) is 9.90 Å². The molecule has 0 amide bonds. The van der Waals surface area contributed by atoms with Crippen LogP contribution in [-0.4, -0.2) is 36.7 Å². The molecule has 5 nitrogen and oxygen atoms in total. The van der Waals surface area contributed by atoms with Crippen LogP contribution < -0.4 is 9.47 Å². The first-order valence-corrected chi connectivity index (χ1v) is 8.33. The van der Waals surface area contributed by atoms with Gasteiger partial charge in [-0.15, -0.1) is 0 Å². The number of nitrogens with zero attached hydrogens (tertiary/aromatic N) is 1. The lowest BCUT2D eigenvalue weighted by Crippen LogP contribution is -2.24. The molecule has 0 unspecified atom stereocenters. The Labute approximate surface area is 148 Å². The van der Waals surface area contributed by atoms with E-state index in [0.717, 1.165) is 36.4 Å². The summed E-state index contributed by atoms with van der Waals surface area (Å²) >= 11 is 0. The van der Waals surface area contributed by atoms with Gasteiger partial charge in [0.1, 0.15) is 17.1 Å². The van der Waals surface area contributed by atoms with Crippen LogP contribution in [-0.2, 0) is 13.1 Å². The molecule has 0 radical (unpaired) electrons. The number of benzene rings is 2. The van der Waals surface area contributed by atoms with Crippen molar-refractivity contribution in [2.75, 3.05) is 20.8 Å². The third kappa shape index (κ3) is 4.97. The number of carboxylic acid groups (broad SMARTS) is 1. The van der Waals surface area contributed by atoms with Gasteiger partial charge in [-0.2, -0.15) is 0 Å². The Morgan fingerprint density at radius 3 is 2.40 bits per heavy atom. The van der Waals surface area contributed by atoms with Crippen LogP contribution in [0.2, 0.25) is 0 Å². The molecule has 134 valence electrons. The molecular weight excluding hydrogens is 318 g/mol. The molecule has 0 spiro atoms. The predicted octanol–water partition coefficient (Wildman–Crippen LogP) is 3.81. The fourth-order valence-electron chi connectivity index (χ4n) is 2.88. The van der Waals surface area contributed by atoms with Gasteiger partial charge in [-0.1, -0.05) is 31.2 Å². The van der Waals surface area contributed by atoms with Crippen LogP contribution in [0.1, 0.15) is 34.8 Å². The summed E-state index contributed by atoms with van der Waals surface area (Å²) in [5, 5.41) is 9.35. The molecule has 0 atom stereocenters. The van der Waals surface area contributed by atoms with Crippen LogP contribution >= 0.6 is 0 Å². The first-order chi connectivity index (χ1) is 12.1. The number of methoxy groups -OCH3 is 2. The summed E-state index contributed by atoms with van der Waals surface area (Å²) in [6.45, 7) is 4.45. The van der Waals surface area contributed by atoms with Crippen LogP contribution in [0.5, 0.6) is 11.5 Å². The second-order valence-electron chi connectivity index (χ2n) is 5.86. The number of carboxylic acids is 1. The maximum Gasteiger partial charge on any atom is 0.339 e. The van der Waals surface area contributed by atoms with E-state index in [4.69, 9.17) is 9.47 Å². The molecular formula is C20H25NO4. The highest BCUT2D eigenvalue weighted by Gasteiger charge is 2.14. The zero-order chi connectivity index (χ0) is 18.2. The highest BCUT2D eigenvalue weighted by Crippen LogP contribution is 2.23. The molecule has 2 rings (SSSR count). The Balaban J connectivity index is 2.21. The molecule has 0 saturated heterocycles. The molecule has 0 saturated carbocycles. The van der Waals surface area contributed by atoms with Crippen molar-refractivity contribution in [1.82, 2.24) is 4.90 Å². The fraction of sp³-hybridized carbons (Fsp3) is 0.350. The molecule has 2 aromatic rings. The van der Waals surface area contributed by atoms with Crippen molar-refractivity contribution in [1.29, 1.82) is 0 Å². The SMILES string of the molecule is CCCN(Cc1ccc(OC)c(C(=O)O)c1)Cc1ccccc1OC. The van der Waals surface area contributed by atoms with E-state index in [1.54, 1.807) is 19.2 Å². The standard InChI is InChI=1S/C20H25NO4/c1-4-11-21(14-16-7-5-6-8-18(16)24-2)13-15-9-10-19(25-3)17(12-15)20(22)23/h5-10,12H,4,11,13-14H2,1-3H3,(H,22,23). The zero-order valence-corrected chi connectivity index (χ0v) is 15.0. The van der Waals surface area contributed by atoms with Gasteiger partial charge in [-0.25, -0.2) is 4.79 Å². The molecule has 2 aromatic carbocycles. The normalized spacial score (nSPS) is 10.7. The average Bonchev–Trinajstić information content (AvgIpc) is 2.62. The number of hydrogen-bond donors (Lipinski definition) is 1. The number of aromatic carboxylic acids is 1. The summed E-state index contributed by atoms with van der Waals surface area (Å²) < 4.78 is 10.6. The lowest BCUT2D eigenvalue weighted by Gasteiger charge is -2.23. The Bertz CT molecular complexity index is 715. The van der Waals surface area contributed by atoms with Gasteiger partial charge in [0.05, 0.1) is 14.2 Å². The Morgan fingerprint density at radius 2 is 1.76 bits per heavy atom. The number of hydrogen-bond acceptors (Lipinski definition) is 4. The Morgan fingerprint density at radius 1 is 1.04 bits per heavy atom. The average molecular weight is 343 g/mol. The molecule has 0 aromatic heterocycles. The second kappa shape index (κ2) is 9.08. The van der Waals surface area contributed by atoms with E-state index in [1.807, 2.05) is 24.3 Å². The number of rotatable bonds is 9.